The summed E-state index contributed by atoms with van der Waals surface area (Å²) in [6, 6.07) is 5.77. The molecule has 0 unspecified atom stereocenters. The molecule has 0 aliphatic carbocycles. The summed E-state index contributed by atoms with van der Waals surface area (Å²) in [5.41, 5.74) is 2.22. The lowest BCUT2D eigenvalue weighted by Gasteiger charge is -2.01. The van der Waals surface area contributed by atoms with Gasteiger partial charge in [0, 0.05) is 23.2 Å². The monoisotopic (exact) mass is 213 g/mol. The third kappa shape index (κ3) is 1.32. The molecule has 0 aliphatic heterocycles. The highest BCUT2D eigenvalue weighted by Gasteiger charge is 2.06. The first-order valence-electron chi connectivity index (χ1n) is 4.00. The molecule has 0 amide bonds. The van der Waals surface area contributed by atoms with Gasteiger partial charge in [-0.25, -0.2) is 0 Å². The molecule has 0 N–H and O–H groups in total. The highest BCUT2D eigenvalue weighted by Crippen LogP contribution is 2.29. The maximum absolute atomic E-state index is 6.08. The maximum atomic E-state index is 6.08. The van der Waals surface area contributed by atoms with Crippen LogP contribution in [0.4, 0.5) is 0 Å². The van der Waals surface area contributed by atoms with Crippen LogP contribution in [0.1, 0.15) is 5.69 Å². The Morgan fingerprint density at radius 2 is 1.85 bits per heavy atom. The van der Waals surface area contributed by atoms with Gasteiger partial charge in [-0.15, -0.1) is 0 Å². The van der Waals surface area contributed by atoms with E-state index in [1.165, 1.54) is 5.69 Å². The van der Waals surface area contributed by atoms with E-state index in [1.54, 1.807) is 6.07 Å². The first-order valence-corrected chi connectivity index (χ1v) is 4.76. The second-order valence-electron chi connectivity index (χ2n) is 3.17. The van der Waals surface area contributed by atoms with Crippen molar-refractivity contribution >= 4 is 34.1 Å². The van der Waals surface area contributed by atoms with Crippen molar-refractivity contribution in [2.24, 2.45) is 7.05 Å². The van der Waals surface area contributed by atoms with Gasteiger partial charge < -0.3 is 4.57 Å². The summed E-state index contributed by atoms with van der Waals surface area (Å²) >= 11 is 12.0. The van der Waals surface area contributed by atoms with Gasteiger partial charge in [0.25, 0.3) is 0 Å². The number of halogens is 2. The summed E-state index contributed by atoms with van der Waals surface area (Å²) in [6.07, 6.45) is 0. The van der Waals surface area contributed by atoms with Crippen LogP contribution in [0.15, 0.2) is 18.2 Å². The number of fused-ring (bicyclic) bond motifs is 1. The Hall–Kier alpha value is -0.660. The second kappa shape index (κ2) is 2.93. The fourth-order valence-corrected chi connectivity index (χ4v) is 2.18. The Bertz CT molecular complexity index is 471. The molecule has 2 rings (SSSR count). The van der Waals surface area contributed by atoms with Crippen molar-refractivity contribution in [2.45, 2.75) is 6.92 Å². The lowest BCUT2D eigenvalue weighted by molar-refractivity contribution is 0.918. The predicted octanol–water partition coefficient (Wildman–Crippen LogP) is 3.79. The van der Waals surface area contributed by atoms with Crippen LogP contribution >= 0.6 is 23.2 Å². The van der Waals surface area contributed by atoms with Crippen molar-refractivity contribution in [3.05, 3.63) is 33.9 Å². The molecule has 13 heavy (non-hydrogen) atoms. The Morgan fingerprint density at radius 1 is 1.15 bits per heavy atom. The van der Waals surface area contributed by atoms with E-state index in [4.69, 9.17) is 23.2 Å². The van der Waals surface area contributed by atoms with Crippen LogP contribution in [0.3, 0.4) is 0 Å². The van der Waals surface area contributed by atoms with E-state index in [1.807, 2.05) is 20.0 Å². The molecule has 0 saturated carbocycles. The average molecular weight is 214 g/mol. The van der Waals surface area contributed by atoms with Gasteiger partial charge in [-0.1, -0.05) is 23.2 Å². The third-order valence-electron chi connectivity index (χ3n) is 2.29. The number of nitrogens with zero attached hydrogens (tertiary/aromatic N) is 1. The minimum Gasteiger partial charge on any atom is -0.347 e. The van der Waals surface area contributed by atoms with E-state index in [-0.39, 0.29) is 0 Å². The molecule has 0 aliphatic rings. The van der Waals surface area contributed by atoms with Gasteiger partial charge in [0.2, 0.25) is 0 Å². The van der Waals surface area contributed by atoms with Crippen molar-refractivity contribution in [3.63, 3.8) is 0 Å². The number of aryl methyl sites for hydroxylation is 2. The Balaban J connectivity index is 2.94. The van der Waals surface area contributed by atoms with Crippen molar-refractivity contribution in [2.75, 3.05) is 0 Å². The molecule has 0 spiro atoms. The molecule has 1 nitrogen and oxygen atoms in total. The van der Waals surface area contributed by atoms with Crippen LogP contribution in [-0.4, -0.2) is 4.57 Å². The van der Waals surface area contributed by atoms with Gasteiger partial charge >= 0.3 is 0 Å². The number of hydrogen-bond donors (Lipinski definition) is 0. The fourth-order valence-electron chi connectivity index (χ4n) is 1.55. The van der Waals surface area contributed by atoms with Crippen molar-refractivity contribution < 1.29 is 0 Å². The van der Waals surface area contributed by atoms with E-state index >= 15 is 0 Å². The summed E-state index contributed by atoms with van der Waals surface area (Å²) in [7, 11) is 2.00. The van der Waals surface area contributed by atoms with E-state index in [0.717, 1.165) is 10.9 Å². The minimum atomic E-state index is 0.683. The minimum absolute atomic E-state index is 0.683. The van der Waals surface area contributed by atoms with Gasteiger partial charge in [0.05, 0.1) is 10.5 Å². The van der Waals surface area contributed by atoms with E-state index in [0.29, 0.717) is 10.0 Å². The van der Waals surface area contributed by atoms with Crippen LogP contribution in [0, 0.1) is 6.92 Å². The third-order valence-corrected chi connectivity index (χ3v) is 2.79. The van der Waals surface area contributed by atoms with Crippen molar-refractivity contribution in [1.82, 2.24) is 4.57 Å². The van der Waals surface area contributed by atoms with Gasteiger partial charge in [0.1, 0.15) is 0 Å². The van der Waals surface area contributed by atoms with Crippen LogP contribution in [0.25, 0.3) is 10.9 Å². The molecule has 1 aromatic heterocycles. The Kier molecular flexibility index (Phi) is 2.01. The SMILES string of the molecule is Cc1cc2cc(Cl)cc(Cl)c2n1C. The van der Waals surface area contributed by atoms with Crippen molar-refractivity contribution in [1.29, 1.82) is 0 Å². The van der Waals surface area contributed by atoms with Crippen LogP contribution in [0.2, 0.25) is 10.0 Å². The highest BCUT2D eigenvalue weighted by atomic mass is 35.5. The molecule has 0 radical (unpaired) electrons. The molecular weight excluding hydrogens is 205 g/mol. The van der Waals surface area contributed by atoms with E-state index in [9.17, 15) is 0 Å². The standard InChI is InChI=1S/C10H9Cl2N/c1-6-3-7-4-8(11)5-9(12)10(7)13(6)2/h3-5H,1-2H3. The first-order chi connectivity index (χ1) is 6.09. The van der Waals surface area contributed by atoms with Crippen molar-refractivity contribution in [3.8, 4) is 0 Å². The summed E-state index contributed by atoms with van der Waals surface area (Å²) in [4.78, 5) is 0. The van der Waals surface area contributed by atoms with Crippen LogP contribution in [0.5, 0.6) is 0 Å². The molecule has 3 heteroatoms. The Labute approximate surface area is 86.9 Å². The van der Waals surface area contributed by atoms with Gasteiger partial charge in [-0.3, -0.25) is 0 Å². The Morgan fingerprint density at radius 3 is 2.54 bits per heavy atom. The molecule has 68 valence electrons. The van der Waals surface area contributed by atoms with Gasteiger partial charge in [-0.05, 0) is 25.1 Å². The number of rotatable bonds is 0. The molecule has 1 heterocycles. The summed E-state index contributed by atoms with van der Waals surface area (Å²) in [5, 5.41) is 2.48. The smallest absolute Gasteiger partial charge is 0.0670 e. The molecule has 0 atom stereocenters. The summed E-state index contributed by atoms with van der Waals surface area (Å²) in [6.45, 7) is 2.05. The summed E-state index contributed by atoms with van der Waals surface area (Å²) in [5.74, 6) is 0. The average Bonchev–Trinajstić information content (AvgIpc) is 2.27. The second-order valence-corrected chi connectivity index (χ2v) is 4.01. The van der Waals surface area contributed by atoms with E-state index < -0.39 is 0 Å². The largest absolute Gasteiger partial charge is 0.347 e. The molecule has 2 aromatic rings. The molecular formula is C10H9Cl2N. The van der Waals surface area contributed by atoms with Gasteiger partial charge in [-0.2, -0.15) is 0 Å². The molecule has 0 fully saturated rings. The molecule has 1 aromatic carbocycles. The zero-order chi connectivity index (χ0) is 9.59. The quantitative estimate of drug-likeness (QED) is 0.628. The lowest BCUT2D eigenvalue weighted by Crippen LogP contribution is -1.89. The maximum Gasteiger partial charge on any atom is 0.0670 e. The predicted molar refractivity (Wildman–Crippen MR) is 57.7 cm³/mol. The van der Waals surface area contributed by atoms with Crippen LogP contribution < -0.4 is 0 Å². The van der Waals surface area contributed by atoms with Crippen LogP contribution in [-0.2, 0) is 7.05 Å². The topological polar surface area (TPSA) is 4.93 Å². The lowest BCUT2D eigenvalue weighted by atomic mass is 10.2. The molecule has 0 saturated heterocycles. The summed E-state index contributed by atoms with van der Waals surface area (Å²) < 4.78 is 2.06. The zero-order valence-corrected chi connectivity index (χ0v) is 8.95. The van der Waals surface area contributed by atoms with Gasteiger partial charge in [0.15, 0.2) is 0 Å². The highest BCUT2D eigenvalue weighted by molar-refractivity contribution is 6.38. The zero-order valence-electron chi connectivity index (χ0n) is 7.44. The fraction of sp³-hybridized carbons (Fsp3) is 0.200. The number of benzene rings is 1. The number of hydrogen-bond acceptors (Lipinski definition) is 0. The number of aromatic nitrogens is 1. The first kappa shape index (κ1) is 8.92. The normalized spacial score (nSPS) is 11.1. The molecule has 0 bridgehead atoms. The van der Waals surface area contributed by atoms with E-state index in [2.05, 4.69) is 10.6 Å².